The van der Waals surface area contributed by atoms with Crippen LogP contribution in [-0.2, 0) is 16.1 Å². The van der Waals surface area contributed by atoms with Crippen LogP contribution in [0.15, 0.2) is 4.52 Å². The summed E-state index contributed by atoms with van der Waals surface area (Å²) in [6, 6.07) is 0. The van der Waals surface area contributed by atoms with E-state index >= 15 is 0 Å². The Morgan fingerprint density at radius 2 is 2.11 bits per heavy atom. The minimum Gasteiger partial charge on any atom is -0.481 e. The second kappa shape index (κ2) is 4.44. The number of carbonyl (C=O) groups is 2. The number of rotatable bonds is 4. The van der Waals surface area contributed by atoms with Gasteiger partial charge in [0.2, 0.25) is 5.91 Å². The van der Waals surface area contributed by atoms with Gasteiger partial charge in [-0.25, -0.2) is 0 Å². The highest BCUT2D eigenvalue weighted by Gasteiger charge is 2.49. The van der Waals surface area contributed by atoms with Crippen LogP contribution in [0, 0.1) is 25.7 Å². The monoisotopic (exact) mass is 252 g/mol. The molecule has 6 heteroatoms. The molecule has 1 N–H and O–H groups in total. The number of hydrogen-bond donors (Lipinski definition) is 1. The van der Waals surface area contributed by atoms with E-state index in [1.54, 1.807) is 18.9 Å². The number of aliphatic carboxylic acids is 1. The number of carboxylic acids is 1. The molecule has 0 bridgehead atoms. The summed E-state index contributed by atoms with van der Waals surface area (Å²) < 4.78 is 5.03. The maximum Gasteiger partial charge on any atom is 0.307 e. The molecule has 2 rings (SSSR count). The fraction of sp³-hybridized carbons (Fsp3) is 0.583. The Hall–Kier alpha value is -1.85. The van der Waals surface area contributed by atoms with E-state index in [9.17, 15) is 9.59 Å². The molecule has 1 aromatic heterocycles. The van der Waals surface area contributed by atoms with Gasteiger partial charge >= 0.3 is 5.97 Å². The topological polar surface area (TPSA) is 83.6 Å². The van der Waals surface area contributed by atoms with Crippen molar-refractivity contribution >= 4 is 11.9 Å². The van der Waals surface area contributed by atoms with Crippen molar-refractivity contribution in [3.8, 4) is 0 Å². The van der Waals surface area contributed by atoms with Crippen molar-refractivity contribution in [2.75, 3.05) is 7.05 Å². The second-order valence-electron chi connectivity index (χ2n) is 4.78. The van der Waals surface area contributed by atoms with Crippen molar-refractivity contribution < 1.29 is 19.2 Å². The lowest BCUT2D eigenvalue weighted by molar-refractivity contribution is -0.141. The van der Waals surface area contributed by atoms with Crippen LogP contribution in [0.2, 0.25) is 0 Å². The van der Waals surface area contributed by atoms with Crippen LogP contribution >= 0.6 is 0 Å². The highest BCUT2D eigenvalue weighted by molar-refractivity contribution is 5.89. The Morgan fingerprint density at radius 3 is 2.56 bits per heavy atom. The quantitative estimate of drug-likeness (QED) is 0.863. The summed E-state index contributed by atoms with van der Waals surface area (Å²) in [5.41, 5.74) is 1.65. The third kappa shape index (κ3) is 2.23. The normalized spacial score (nSPS) is 21.7. The van der Waals surface area contributed by atoms with Gasteiger partial charge in [-0.05, 0) is 20.3 Å². The summed E-state index contributed by atoms with van der Waals surface area (Å²) in [7, 11) is 1.67. The molecule has 1 amide bonds. The van der Waals surface area contributed by atoms with E-state index in [0.717, 1.165) is 11.3 Å². The third-order valence-electron chi connectivity index (χ3n) is 3.38. The van der Waals surface area contributed by atoms with Crippen LogP contribution in [0.5, 0.6) is 0 Å². The number of carbonyl (C=O) groups excluding carboxylic acids is 1. The standard InChI is InChI=1S/C12H16N2O4/c1-6-10(7(2)18-13-6)5-14(3)11(15)8-4-9(8)12(16)17/h8-9H,4-5H2,1-3H3,(H,16,17)/t8-,9+/m1/s1. The largest absolute Gasteiger partial charge is 0.481 e. The lowest BCUT2D eigenvalue weighted by atomic mass is 10.2. The Morgan fingerprint density at radius 1 is 1.44 bits per heavy atom. The Bertz CT molecular complexity index is 475. The predicted octanol–water partition coefficient (Wildman–Crippen LogP) is 0.971. The average Bonchev–Trinajstić information content (AvgIpc) is 3.05. The summed E-state index contributed by atoms with van der Waals surface area (Å²) in [4.78, 5) is 24.3. The molecule has 0 saturated heterocycles. The van der Waals surface area contributed by atoms with Crippen LogP contribution in [0.25, 0.3) is 0 Å². The Labute approximate surface area is 105 Å². The van der Waals surface area contributed by atoms with Crippen LogP contribution in [-0.4, -0.2) is 34.1 Å². The summed E-state index contributed by atoms with van der Waals surface area (Å²) in [5, 5.41) is 12.6. The molecule has 0 unspecified atom stereocenters. The minimum atomic E-state index is -0.890. The molecule has 1 saturated carbocycles. The van der Waals surface area contributed by atoms with E-state index in [-0.39, 0.29) is 11.8 Å². The predicted molar refractivity (Wildman–Crippen MR) is 61.7 cm³/mol. The van der Waals surface area contributed by atoms with Crippen molar-refractivity contribution in [1.29, 1.82) is 0 Å². The summed E-state index contributed by atoms with van der Waals surface area (Å²) in [5.74, 6) is -1.20. The van der Waals surface area contributed by atoms with E-state index in [2.05, 4.69) is 5.16 Å². The first-order valence-corrected chi connectivity index (χ1v) is 5.81. The lowest BCUT2D eigenvalue weighted by Crippen LogP contribution is -2.29. The molecule has 0 radical (unpaired) electrons. The van der Waals surface area contributed by atoms with Gasteiger partial charge in [0.25, 0.3) is 0 Å². The van der Waals surface area contributed by atoms with E-state index in [1.165, 1.54) is 0 Å². The molecular weight excluding hydrogens is 236 g/mol. The first kappa shape index (κ1) is 12.6. The van der Waals surface area contributed by atoms with Crippen LogP contribution < -0.4 is 0 Å². The van der Waals surface area contributed by atoms with E-state index in [1.807, 2.05) is 6.92 Å². The zero-order valence-electron chi connectivity index (χ0n) is 10.6. The highest BCUT2D eigenvalue weighted by atomic mass is 16.5. The molecular formula is C12H16N2O4. The third-order valence-corrected chi connectivity index (χ3v) is 3.38. The van der Waals surface area contributed by atoms with Crippen LogP contribution in [0.4, 0.5) is 0 Å². The van der Waals surface area contributed by atoms with Gasteiger partial charge in [-0.1, -0.05) is 5.16 Å². The van der Waals surface area contributed by atoms with Crippen molar-refractivity contribution in [3.63, 3.8) is 0 Å². The smallest absolute Gasteiger partial charge is 0.307 e. The summed E-state index contributed by atoms with van der Waals surface area (Å²) >= 11 is 0. The van der Waals surface area contributed by atoms with E-state index in [0.29, 0.717) is 18.7 Å². The maximum atomic E-state index is 12.0. The molecule has 1 aliphatic carbocycles. The van der Waals surface area contributed by atoms with E-state index < -0.39 is 11.9 Å². The molecule has 18 heavy (non-hydrogen) atoms. The zero-order valence-corrected chi connectivity index (χ0v) is 10.6. The van der Waals surface area contributed by atoms with Crippen molar-refractivity contribution in [3.05, 3.63) is 17.0 Å². The average molecular weight is 252 g/mol. The van der Waals surface area contributed by atoms with Gasteiger partial charge in [-0.3, -0.25) is 9.59 Å². The van der Waals surface area contributed by atoms with Gasteiger partial charge in [0.1, 0.15) is 5.76 Å². The minimum absolute atomic E-state index is 0.123. The Kier molecular flexibility index (Phi) is 3.11. The SMILES string of the molecule is Cc1noc(C)c1CN(C)C(=O)[C@@H]1C[C@@H]1C(=O)O. The molecule has 98 valence electrons. The molecule has 1 heterocycles. The summed E-state index contributed by atoms with van der Waals surface area (Å²) in [6.07, 6.45) is 0.445. The first-order valence-electron chi connectivity index (χ1n) is 5.81. The van der Waals surface area contributed by atoms with Crippen LogP contribution in [0.3, 0.4) is 0 Å². The number of aromatic nitrogens is 1. The highest BCUT2D eigenvalue weighted by Crippen LogP contribution is 2.40. The summed E-state index contributed by atoms with van der Waals surface area (Å²) in [6.45, 7) is 4.02. The van der Waals surface area contributed by atoms with Crippen molar-refractivity contribution in [2.45, 2.75) is 26.8 Å². The maximum absolute atomic E-state index is 12.0. The number of carboxylic acid groups (broad SMARTS) is 1. The molecule has 0 aliphatic heterocycles. The van der Waals surface area contributed by atoms with Gasteiger partial charge in [0.05, 0.1) is 24.1 Å². The molecule has 6 nitrogen and oxygen atoms in total. The van der Waals surface area contributed by atoms with E-state index in [4.69, 9.17) is 9.63 Å². The fourth-order valence-electron chi connectivity index (χ4n) is 2.07. The number of aryl methyl sites for hydroxylation is 2. The van der Waals surface area contributed by atoms with Gasteiger partial charge < -0.3 is 14.5 Å². The molecule has 0 aromatic carbocycles. The molecule has 2 atom stereocenters. The molecule has 1 aliphatic rings. The Balaban J connectivity index is 1.99. The van der Waals surface area contributed by atoms with Gasteiger partial charge in [-0.2, -0.15) is 0 Å². The second-order valence-corrected chi connectivity index (χ2v) is 4.78. The van der Waals surface area contributed by atoms with Gasteiger partial charge in [0.15, 0.2) is 0 Å². The fourth-order valence-corrected chi connectivity index (χ4v) is 2.07. The van der Waals surface area contributed by atoms with Crippen LogP contribution in [0.1, 0.15) is 23.4 Å². The number of amides is 1. The lowest BCUT2D eigenvalue weighted by Gasteiger charge is -2.16. The van der Waals surface area contributed by atoms with Gasteiger partial charge in [-0.15, -0.1) is 0 Å². The van der Waals surface area contributed by atoms with Gasteiger partial charge in [0, 0.05) is 12.6 Å². The van der Waals surface area contributed by atoms with Crippen molar-refractivity contribution in [2.24, 2.45) is 11.8 Å². The molecule has 0 spiro atoms. The first-order chi connectivity index (χ1) is 8.41. The zero-order chi connectivity index (χ0) is 13.4. The molecule has 1 fully saturated rings. The molecule has 1 aromatic rings. The van der Waals surface area contributed by atoms with Crippen molar-refractivity contribution in [1.82, 2.24) is 10.1 Å². The number of nitrogens with zero attached hydrogens (tertiary/aromatic N) is 2. The number of hydrogen-bond acceptors (Lipinski definition) is 4.